The summed E-state index contributed by atoms with van der Waals surface area (Å²) in [5.41, 5.74) is 2.17. The number of hydroxylamine groups is 1. The quantitative estimate of drug-likeness (QED) is 0.397. The van der Waals surface area contributed by atoms with Crippen molar-refractivity contribution in [3.63, 3.8) is 0 Å². The van der Waals surface area contributed by atoms with Crippen LogP contribution in [0.3, 0.4) is 0 Å². The predicted molar refractivity (Wildman–Crippen MR) is 56.2 cm³/mol. The summed E-state index contributed by atoms with van der Waals surface area (Å²) in [6, 6.07) is 0. The molecule has 0 aliphatic rings. The van der Waals surface area contributed by atoms with E-state index in [2.05, 4.69) is 14.6 Å². The Morgan fingerprint density at radius 3 is 2.40 bits per heavy atom. The summed E-state index contributed by atoms with van der Waals surface area (Å²) in [5, 5.41) is 0. The molecule has 7 heteroatoms. The van der Waals surface area contributed by atoms with Gasteiger partial charge in [0.2, 0.25) is 0 Å². The van der Waals surface area contributed by atoms with E-state index in [1.807, 2.05) is 20.8 Å². The third-order valence-electron chi connectivity index (χ3n) is 1.22. The molecule has 0 bridgehead atoms. The van der Waals surface area contributed by atoms with E-state index in [1.54, 1.807) is 0 Å². The van der Waals surface area contributed by atoms with E-state index in [4.69, 9.17) is 9.63 Å². The van der Waals surface area contributed by atoms with Gasteiger partial charge < -0.3 is 9.63 Å². The second kappa shape index (κ2) is 6.58. The molecule has 0 fully saturated rings. The third kappa shape index (κ3) is 10.3. The fourth-order valence-electron chi connectivity index (χ4n) is 0.732. The molecule has 0 saturated carbocycles. The summed E-state index contributed by atoms with van der Waals surface area (Å²) in [6.07, 6.45) is 0. The Kier molecular flexibility index (Phi) is 6.59. The van der Waals surface area contributed by atoms with Crippen LogP contribution in [0.1, 0.15) is 20.8 Å². The molecule has 0 spiro atoms. The third-order valence-corrected chi connectivity index (χ3v) is 2.15. The van der Waals surface area contributed by atoms with E-state index in [9.17, 15) is 4.57 Å². The van der Waals surface area contributed by atoms with Crippen molar-refractivity contribution >= 4 is 7.82 Å². The van der Waals surface area contributed by atoms with Crippen molar-refractivity contribution in [3.8, 4) is 0 Å². The Labute approximate surface area is 90.5 Å². The number of nitrogens with one attached hydrogen (secondary N) is 1. The summed E-state index contributed by atoms with van der Waals surface area (Å²) >= 11 is 0. The molecule has 0 aromatic heterocycles. The lowest BCUT2D eigenvalue weighted by Crippen LogP contribution is -2.17. The van der Waals surface area contributed by atoms with Crippen molar-refractivity contribution in [2.75, 3.05) is 26.9 Å². The van der Waals surface area contributed by atoms with Gasteiger partial charge in [-0.05, 0) is 5.41 Å². The van der Waals surface area contributed by atoms with Crippen LogP contribution in [-0.4, -0.2) is 31.8 Å². The molecule has 92 valence electrons. The first kappa shape index (κ1) is 15.0. The maximum atomic E-state index is 11.0. The molecular formula is C8H20NO5P. The standard InChI is InChI=1S/C8H20NO5P/c1-8(2,3)7-12-5-6-13-15(10,11)14-9-4/h9H,5-7H2,1-4H3,(H,10,11). The molecule has 0 rings (SSSR count). The first-order valence-electron chi connectivity index (χ1n) is 4.67. The van der Waals surface area contributed by atoms with Gasteiger partial charge in [0.1, 0.15) is 0 Å². The van der Waals surface area contributed by atoms with Crippen LogP contribution >= 0.6 is 7.82 Å². The minimum absolute atomic E-state index is 0.0194. The molecule has 0 heterocycles. The SMILES string of the molecule is CNOP(=O)(O)OCCOCC(C)(C)C. The van der Waals surface area contributed by atoms with Gasteiger partial charge in [-0.2, -0.15) is 10.1 Å². The van der Waals surface area contributed by atoms with Gasteiger partial charge in [-0.1, -0.05) is 20.8 Å². The Bertz CT molecular complexity index is 216. The molecule has 0 aromatic rings. The zero-order valence-electron chi connectivity index (χ0n) is 9.65. The smallest absolute Gasteiger partial charge is 0.378 e. The molecule has 0 aliphatic heterocycles. The van der Waals surface area contributed by atoms with Crippen LogP contribution in [0, 0.1) is 5.41 Å². The van der Waals surface area contributed by atoms with Gasteiger partial charge in [-0.3, -0.25) is 4.52 Å². The van der Waals surface area contributed by atoms with Gasteiger partial charge >= 0.3 is 7.82 Å². The monoisotopic (exact) mass is 241 g/mol. The first-order valence-corrected chi connectivity index (χ1v) is 6.17. The molecule has 2 N–H and O–H groups in total. The molecule has 15 heavy (non-hydrogen) atoms. The Balaban J connectivity index is 3.51. The predicted octanol–water partition coefficient (Wildman–Crippen LogP) is 1.32. The number of rotatable bonds is 7. The molecule has 1 atom stereocenters. The average molecular weight is 241 g/mol. The van der Waals surface area contributed by atoms with E-state index in [1.165, 1.54) is 7.05 Å². The van der Waals surface area contributed by atoms with Crippen LogP contribution in [-0.2, 0) is 18.5 Å². The fraction of sp³-hybridized carbons (Fsp3) is 1.00. The van der Waals surface area contributed by atoms with Crippen molar-refractivity contribution in [1.29, 1.82) is 0 Å². The Hall–Kier alpha value is 0.0300. The largest absolute Gasteiger partial charge is 0.488 e. The topological polar surface area (TPSA) is 77.0 Å². The second-order valence-corrected chi connectivity index (χ2v) is 5.59. The van der Waals surface area contributed by atoms with E-state index < -0.39 is 7.82 Å². The zero-order valence-corrected chi connectivity index (χ0v) is 10.5. The van der Waals surface area contributed by atoms with Crippen molar-refractivity contribution < 1.29 is 23.3 Å². The fourth-order valence-corrected chi connectivity index (χ4v) is 1.32. The average Bonchev–Trinajstić information content (AvgIpc) is 2.00. The van der Waals surface area contributed by atoms with Crippen molar-refractivity contribution in [2.24, 2.45) is 5.41 Å². The van der Waals surface area contributed by atoms with Crippen LogP contribution in [0.15, 0.2) is 0 Å². The Morgan fingerprint density at radius 1 is 1.33 bits per heavy atom. The number of hydrogen-bond donors (Lipinski definition) is 2. The highest BCUT2D eigenvalue weighted by molar-refractivity contribution is 7.47. The highest BCUT2D eigenvalue weighted by atomic mass is 31.2. The maximum absolute atomic E-state index is 11.0. The van der Waals surface area contributed by atoms with Gasteiger partial charge in [0.05, 0.1) is 19.8 Å². The van der Waals surface area contributed by atoms with Crippen LogP contribution in [0.2, 0.25) is 0 Å². The van der Waals surface area contributed by atoms with Crippen molar-refractivity contribution in [1.82, 2.24) is 5.48 Å². The van der Waals surface area contributed by atoms with Crippen LogP contribution in [0.4, 0.5) is 0 Å². The lowest BCUT2D eigenvalue weighted by molar-refractivity contribution is 0.0354. The molecule has 0 aromatic carbocycles. The number of ether oxygens (including phenoxy) is 1. The van der Waals surface area contributed by atoms with E-state index in [0.29, 0.717) is 6.61 Å². The van der Waals surface area contributed by atoms with Crippen molar-refractivity contribution in [3.05, 3.63) is 0 Å². The summed E-state index contributed by atoms with van der Waals surface area (Å²) in [5.74, 6) is 0. The molecule has 0 saturated heterocycles. The second-order valence-electron chi connectivity index (χ2n) is 4.21. The molecule has 0 radical (unpaired) electrons. The molecule has 1 unspecified atom stereocenters. The zero-order chi connectivity index (χ0) is 11.9. The maximum Gasteiger partial charge on any atom is 0.488 e. The van der Waals surface area contributed by atoms with Gasteiger partial charge in [0, 0.05) is 7.05 Å². The molecule has 0 aliphatic carbocycles. The molecule has 6 nitrogen and oxygen atoms in total. The van der Waals surface area contributed by atoms with Gasteiger partial charge in [-0.25, -0.2) is 4.57 Å². The summed E-state index contributed by atoms with van der Waals surface area (Å²) in [7, 11) is -2.59. The lowest BCUT2D eigenvalue weighted by atomic mass is 9.99. The van der Waals surface area contributed by atoms with Crippen LogP contribution in [0.25, 0.3) is 0 Å². The highest BCUT2D eigenvalue weighted by Crippen LogP contribution is 2.41. The Morgan fingerprint density at radius 2 is 1.93 bits per heavy atom. The van der Waals surface area contributed by atoms with E-state index in [-0.39, 0.29) is 18.6 Å². The summed E-state index contributed by atoms with van der Waals surface area (Å²) < 4.78 is 25.1. The molecular weight excluding hydrogens is 221 g/mol. The minimum atomic E-state index is -3.96. The lowest BCUT2D eigenvalue weighted by Gasteiger charge is -2.18. The summed E-state index contributed by atoms with van der Waals surface area (Å²) in [4.78, 5) is 8.97. The number of hydrogen-bond acceptors (Lipinski definition) is 5. The van der Waals surface area contributed by atoms with E-state index >= 15 is 0 Å². The highest BCUT2D eigenvalue weighted by Gasteiger charge is 2.20. The summed E-state index contributed by atoms with van der Waals surface area (Å²) in [6.45, 7) is 6.96. The normalized spacial score (nSPS) is 16.3. The molecule has 0 amide bonds. The first-order chi connectivity index (χ1) is 6.77. The van der Waals surface area contributed by atoms with Gasteiger partial charge in [0.25, 0.3) is 0 Å². The van der Waals surface area contributed by atoms with Gasteiger partial charge in [-0.15, -0.1) is 0 Å². The van der Waals surface area contributed by atoms with Crippen molar-refractivity contribution in [2.45, 2.75) is 20.8 Å². The number of phosphoric acid groups is 1. The minimum Gasteiger partial charge on any atom is -0.378 e. The van der Waals surface area contributed by atoms with Gasteiger partial charge in [0.15, 0.2) is 0 Å². The van der Waals surface area contributed by atoms with Crippen LogP contribution < -0.4 is 5.48 Å². The van der Waals surface area contributed by atoms with E-state index in [0.717, 1.165) is 0 Å². The van der Waals surface area contributed by atoms with Crippen LogP contribution in [0.5, 0.6) is 0 Å². The number of phosphoric ester groups is 1.